The number of sulfonamides is 1. The van der Waals surface area contributed by atoms with Crippen molar-refractivity contribution in [2.75, 3.05) is 10.0 Å². The van der Waals surface area contributed by atoms with Crippen LogP contribution in [-0.2, 0) is 10.0 Å². The highest BCUT2D eigenvalue weighted by atomic mass is 32.2. The molecule has 0 radical (unpaired) electrons. The van der Waals surface area contributed by atoms with E-state index in [1.54, 1.807) is 37.3 Å². The number of hydrogen-bond acceptors (Lipinski definition) is 7. The van der Waals surface area contributed by atoms with Crippen LogP contribution in [0.5, 0.6) is 0 Å². The molecule has 1 amide bonds. The Morgan fingerprint density at radius 1 is 1.06 bits per heavy atom. The van der Waals surface area contributed by atoms with E-state index < -0.39 is 20.9 Å². The highest BCUT2D eigenvalue weighted by molar-refractivity contribution is 7.92. The van der Waals surface area contributed by atoms with Crippen molar-refractivity contribution in [1.82, 2.24) is 4.98 Å². The quantitative estimate of drug-likeness (QED) is 0.331. The van der Waals surface area contributed by atoms with E-state index in [1.165, 1.54) is 30.3 Å². The molecular weight excluding hydrogens is 436 g/mol. The first kappa shape index (κ1) is 21.0. The van der Waals surface area contributed by atoms with E-state index in [-0.39, 0.29) is 21.8 Å². The first-order valence-corrected chi connectivity index (χ1v) is 10.8. The molecule has 3 aromatic carbocycles. The van der Waals surface area contributed by atoms with Gasteiger partial charge in [-0.2, -0.15) is 0 Å². The second kappa shape index (κ2) is 8.12. The molecule has 32 heavy (non-hydrogen) atoms. The van der Waals surface area contributed by atoms with Crippen molar-refractivity contribution >= 4 is 44.1 Å². The second-order valence-electron chi connectivity index (χ2n) is 6.78. The van der Waals surface area contributed by atoms with E-state index in [2.05, 4.69) is 15.0 Å². The molecule has 0 saturated carbocycles. The van der Waals surface area contributed by atoms with Crippen molar-refractivity contribution in [2.45, 2.75) is 11.8 Å². The lowest BCUT2D eigenvalue weighted by molar-refractivity contribution is -0.385. The number of amides is 1. The van der Waals surface area contributed by atoms with Gasteiger partial charge in [0.05, 0.1) is 21.1 Å². The number of benzene rings is 3. The topological polar surface area (TPSA) is 144 Å². The van der Waals surface area contributed by atoms with E-state index >= 15 is 0 Å². The molecule has 0 unspecified atom stereocenters. The first-order valence-electron chi connectivity index (χ1n) is 9.28. The van der Waals surface area contributed by atoms with Gasteiger partial charge in [0, 0.05) is 30.8 Å². The molecule has 11 heteroatoms. The third-order valence-electron chi connectivity index (χ3n) is 4.51. The summed E-state index contributed by atoms with van der Waals surface area (Å²) in [5.74, 6) is -0.0673. The number of nitrogens with one attached hydrogen (secondary N) is 2. The number of hydrogen-bond donors (Lipinski definition) is 2. The van der Waals surface area contributed by atoms with Gasteiger partial charge in [-0.25, -0.2) is 13.4 Å². The summed E-state index contributed by atoms with van der Waals surface area (Å²) < 4.78 is 33.3. The van der Waals surface area contributed by atoms with Crippen LogP contribution in [0.3, 0.4) is 0 Å². The minimum absolute atomic E-state index is 0.0214. The van der Waals surface area contributed by atoms with Crippen LogP contribution in [-0.4, -0.2) is 24.2 Å². The fraction of sp³-hybridized carbons (Fsp3) is 0.0476. The third-order valence-corrected chi connectivity index (χ3v) is 5.87. The number of carbonyl (C=O) groups excluding carboxylic acids is 1. The van der Waals surface area contributed by atoms with Gasteiger partial charge in [-0.15, -0.1) is 0 Å². The highest BCUT2D eigenvalue weighted by Gasteiger charge is 2.21. The molecule has 10 nitrogen and oxygen atoms in total. The van der Waals surface area contributed by atoms with E-state index in [0.29, 0.717) is 22.7 Å². The van der Waals surface area contributed by atoms with Crippen LogP contribution in [0.2, 0.25) is 0 Å². The number of nitrogens with zero attached hydrogens (tertiary/aromatic N) is 2. The highest BCUT2D eigenvalue weighted by Crippen LogP contribution is 2.25. The molecule has 1 heterocycles. The molecule has 1 aromatic heterocycles. The van der Waals surface area contributed by atoms with Crippen LogP contribution in [0.15, 0.2) is 76.0 Å². The Hall–Kier alpha value is -4.25. The molecule has 2 N–H and O–H groups in total. The summed E-state index contributed by atoms with van der Waals surface area (Å²) in [5, 5.41) is 13.7. The fourth-order valence-corrected chi connectivity index (χ4v) is 4.17. The Morgan fingerprint density at radius 2 is 1.84 bits per heavy atom. The molecule has 0 bridgehead atoms. The molecule has 0 fully saturated rings. The number of rotatable bonds is 6. The maximum atomic E-state index is 12.9. The molecule has 0 aliphatic carbocycles. The lowest BCUT2D eigenvalue weighted by Crippen LogP contribution is -2.18. The minimum atomic E-state index is -4.18. The second-order valence-corrected chi connectivity index (χ2v) is 8.46. The van der Waals surface area contributed by atoms with Gasteiger partial charge in [0.2, 0.25) is 0 Å². The van der Waals surface area contributed by atoms with Gasteiger partial charge in [0.15, 0.2) is 11.5 Å². The standard InChI is InChI=1S/C21H16N4O6S/c1-13-22-19-10-9-14(11-20(19)31-13)23-21(26)17-7-2-3-8-18(17)24-32(29,30)16-6-4-5-15(12-16)25(27)28/h2-12,24H,1H3,(H,23,26). The largest absolute Gasteiger partial charge is 0.441 e. The smallest absolute Gasteiger partial charge is 0.270 e. The van der Waals surface area contributed by atoms with Gasteiger partial charge in [-0.1, -0.05) is 18.2 Å². The van der Waals surface area contributed by atoms with Crippen molar-refractivity contribution in [1.29, 1.82) is 0 Å². The maximum Gasteiger partial charge on any atom is 0.270 e. The molecule has 4 aromatic rings. The number of para-hydroxylation sites is 1. The lowest BCUT2D eigenvalue weighted by atomic mass is 10.1. The van der Waals surface area contributed by atoms with E-state index in [1.807, 2.05) is 0 Å². The van der Waals surface area contributed by atoms with Crippen molar-refractivity contribution in [2.24, 2.45) is 0 Å². The van der Waals surface area contributed by atoms with Crippen molar-refractivity contribution in [3.8, 4) is 0 Å². The number of anilines is 2. The molecule has 0 saturated heterocycles. The number of nitro groups is 1. The predicted octanol–water partition coefficient (Wildman–Crippen LogP) is 4.10. The predicted molar refractivity (Wildman–Crippen MR) is 117 cm³/mol. The van der Waals surface area contributed by atoms with E-state index in [4.69, 9.17) is 4.42 Å². The zero-order valence-corrected chi connectivity index (χ0v) is 17.4. The number of carbonyl (C=O) groups is 1. The molecule has 0 spiro atoms. The minimum Gasteiger partial charge on any atom is -0.441 e. The summed E-state index contributed by atoms with van der Waals surface area (Å²) in [6, 6.07) is 15.6. The van der Waals surface area contributed by atoms with Gasteiger partial charge < -0.3 is 9.73 Å². The zero-order valence-electron chi connectivity index (χ0n) is 16.6. The molecule has 162 valence electrons. The molecule has 0 aliphatic rings. The number of oxazole rings is 1. The summed E-state index contributed by atoms with van der Waals surface area (Å²) in [6.07, 6.45) is 0. The van der Waals surface area contributed by atoms with Crippen molar-refractivity contribution < 1.29 is 22.6 Å². The first-order chi connectivity index (χ1) is 15.2. The summed E-state index contributed by atoms with van der Waals surface area (Å²) in [7, 11) is -4.18. The van der Waals surface area contributed by atoms with E-state index in [0.717, 1.165) is 6.07 Å². The fourth-order valence-electron chi connectivity index (χ4n) is 3.05. The van der Waals surface area contributed by atoms with Gasteiger partial charge in [-0.05, 0) is 30.3 Å². The summed E-state index contributed by atoms with van der Waals surface area (Å²) in [6.45, 7) is 1.71. The van der Waals surface area contributed by atoms with Crippen LogP contribution in [0.4, 0.5) is 17.1 Å². The van der Waals surface area contributed by atoms with Gasteiger partial charge in [0.1, 0.15) is 5.52 Å². The summed E-state index contributed by atoms with van der Waals surface area (Å²) in [5.41, 5.74) is 1.31. The Kier molecular flexibility index (Phi) is 5.33. The van der Waals surface area contributed by atoms with Crippen molar-refractivity contribution in [3.63, 3.8) is 0 Å². The number of nitro benzene ring substituents is 1. The van der Waals surface area contributed by atoms with Crippen LogP contribution in [0.1, 0.15) is 16.2 Å². The zero-order chi connectivity index (χ0) is 22.9. The van der Waals surface area contributed by atoms with Crippen LogP contribution >= 0.6 is 0 Å². The molecule has 0 atom stereocenters. The summed E-state index contributed by atoms with van der Waals surface area (Å²) >= 11 is 0. The number of non-ortho nitro benzene ring substituents is 1. The lowest BCUT2D eigenvalue weighted by Gasteiger charge is -2.13. The van der Waals surface area contributed by atoms with Crippen LogP contribution in [0.25, 0.3) is 11.1 Å². The molecule has 0 aliphatic heterocycles. The van der Waals surface area contributed by atoms with Gasteiger partial charge in [0.25, 0.3) is 21.6 Å². The van der Waals surface area contributed by atoms with Crippen LogP contribution in [0, 0.1) is 17.0 Å². The Morgan fingerprint density at radius 3 is 2.62 bits per heavy atom. The SMILES string of the molecule is Cc1nc2ccc(NC(=O)c3ccccc3NS(=O)(=O)c3cccc([N+](=O)[O-])c3)cc2o1. The number of aryl methyl sites for hydroxylation is 1. The monoisotopic (exact) mass is 452 g/mol. The van der Waals surface area contributed by atoms with Gasteiger partial charge in [-0.3, -0.25) is 19.6 Å². The van der Waals surface area contributed by atoms with E-state index in [9.17, 15) is 23.3 Å². The maximum absolute atomic E-state index is 12.9. The third kappa shape index (κ3) is 4.27. The average Bonchev–Trinajstić information content (AvgIpc) is 3.13. The van der Waals surface area contributed by atoms with Crippen LogP contribution < -0.4 is 10.0 Å². The van der Waals surface area contributed by atoms with Gasteiger partial charge >= 0.3 is 0 Å². The molecule has 4 rings (SSSR count). The number of fused-ring (bicyclic) bond motifs is 1. The normalized spacial score (nSPS) is 11.3. The number of aromatic nitrogens is 1. The molecular formula is C21H16N4O6S. The summed E-state index contributed by atoms with van der Waals surface area (Å²) in [4.78, 5) is 27.0. The Bertz CT molecular complexity index is 1460. The van der Waals surface area contributed by atoms with Crippen molar-refractivity contribution in [3.05, 3.63) is 88.3 Å². The Balaban J connectivity index is 1.61. The Labute approximate surface area is 182 Å². The average molecular weight is 452 g/mol.